The van der Waals surface area contributed by atoms with Gasteiger partial charge in [0, 0.05) is 24.2 Å². The number of amides is 1. The molecule has 1 aliphatic heterocycles. The fraction of sp³-hybridized carbons (Fsp3) is 0.696. The maximum absolute atomic E-state index is 12.9. The van der Waals surface area contributed by atoms with E-state index in [-0.39, 0.29) is 18.0 Å². The van der Waals surface area contributed by atoms with E-state index in [1.165, 1.54) is 44.9 Å². The molecular formula is C23H34ClN3O. The van der Waals surface area contributed by atoms with Gasteiger partial charge in [-0.3, -0.25) is 4.79 Å². The van der Waals surface area contributed by atoms with Crippen LogP contribution in [0.25, 0.3) is 0 Å². The molecule has 28 heavy (non-hydrogen) atoms. The smallest absolute Gasteiger partial charge is 0.242 e. The van der Waals surface area contributed by atoms with Crippen LogP contribution in [0.2, 0.25) is 5.02 Å². The lowest BCUT2D eigenvalue weighted by Crippen LogP contribution is -2.46. The Bertz CT molecular complexity index is 703. The van der Waals surface area contributed by atoms with Crippen LogP contribution in [-0.2, 0) is 4.79 Å². The fourth-order valence-electron chi connectivity index (χ4n) is 5.70. The van der Waals surface area contributed by atoms with Crippen LogP contribution in [0, 0.1) is 17.8 Å². The number of piperidine rings is 1. The van der Waals surface area contributed by atoms with Crippen LogP contribution in [-0.4, -0.2) is 31.1 Å². The Labute approximate surface area is 174 Å². The van der Waals surface area contributed by atoms with Crippen molar-refractivity contribution in [3.63, 3.8) is 0 Å². The summed E-state index contributed by atoms with van der Waals surface area (Å²) in [6, 6.07) is 5.95. The summed E-state index contributed by atoms with van der Waals surface area (Å²) in [4.78, 5) is 15.3. The molecule has 1 aromatic rings. The number of hydrogen-bond donors (Lipinski definition) is 2. The van der Waals surface area contributed by atoms with Gasteiger partial charge in [-0.2, -0.15) is 0 Å². The van der Waals surface area contributed by atoms with Gasteiger partial charge in [-0.15, -0.1) is 0 Å². The number of anilines is 2. The molecule has 1 amide bonds. The standard InChI is InChI=1S/C23H34ClN3O/c1-15(20-13-17-6-7-18(20)12-17)26-23(28)16(2)25-21-14-19(24)8-9-22(21)27-10-4-3-5-11-27/h8-9,14-18,20,25H,3-7,10-13H2,1-2H3,(H,26,28)/t15-,16-,17-,18-,20+/m0/s1. The zero-order valence-electron chi connectivity index (χ0n) is 17.2. The molecule has 0 unspecified atom stereocenters. The van der Waals surface area contributed by atoms with Crippen LogP contribution in [0.3, 0.4) is 0 Å². The van der Waals surface area contributed by atoms with Crippen LogP contribution >= 0.6 is 11.6 Å². The Balaban J connectivity index is 1.39. The highest BCUT2D eigenvalue weighted by molar-refractivity contribution is 6.31. The Morgan fingerprint density at radius 1 is 1.14 bits per heavy atom. The maximum atomic E-state index is 12.9. The summed E-state index contributed by atoms with van der Waals surface area (Å²) in [7, 11) is 0. The first kappa shape index (κ1) is 19.9. The number of carbonyl (C=O) groups is 1. The summed E-state index contributed by atoms with van der Waals surface area (Å²) < 4.78 is 0. The number of halogens is 1. The molecule has 3 aliphatic rings. The first-order valence-corrected chi connectivity index (χ1v) is 11.5. The topological polar surface area (TPSA) is 44.4 Å². The minimum absolute atomic E-state index is 0.0832. The summed E-state index contributed by atoms with van der Waals surface area (Å²) in [6.45, 7) is 6.27. The zero-order chi connectivity index (χ0) is 19.7. The van der Waals surface area contributed by atoms with Crippen LogP contribution in [0.4, 0.5) is 11.4 Å². The van der Waals surface area contributed by atoms with Gasteiger partial charge < -0.3 is 15.5 Å². The molecule has 5 atom stereocenters. The molecule has 0 radical (unpaired) electrons. The second-order valence-corrected chi connectivity index (χ2v) is 9.65. The van der Waals surface area contributed by atoms with E-state index >= 15 is 0 Å². The molecule has 2 bridgehead atoms. The lowest BCUT2D eigenvalue weighted by atomic mass is 9.84. The average Bonchev–Trinajstić information content (AvgIpc) is 3.32. The monoisotopic (exact) mass is 403 g/mol. The molecule has 3 fully saturated rings. The largest absolute Gasteiger partial charge is 0.372 e. The highest BCUT2D eigenvalue weighted by Gasteiger charge is 2.42. The number of hydrogen-bond acceptors (Lipinski definition) is 3. The van der Waals surface area contributed by atoms with E-state index in [1.807, 2.05) is 19.1 Å². The van der Waals surface area contributed by atoms with Crippen molar-refractivity contribution >= 4 is 28.9 Å². The van der Waals surface area contributed by atoms with Gasteiger partial charge in [0.05, 0.1) is 11.4 Å². The molecule has 5 heteroatoms. The maximum Gasteiger partial charge on any atom is 0.242 e. The SMILES string of the molecule is C[C@H](Nc1cc(Cl)ccc1N1CCCCC1)C(=O)N[C@@H](C)[C@H]1C[C@H]2CC[C@H]1C2. The molecule has 4 rings (SSSR count). The first-order chi connectivity index (χ1) is 13.5. The quantitative estimate of drug-likeness (QED) is 0.696. The summed E-state index contributed by atoms with van der Waals surface area (Å²) in [5, 5.41) is 7.43. The van der Waals surface area contributed by atoms with E-state index < -0.39 is 0 Å². The number of fused-ring (bicyclic) bond motifs is 2. The van der Waals surface area contributed by atoms with Gasteiger partial charge in [0.1, 0.15) is 6.04 Å². The molecule has 2 saturated carbocycles. The Morgan fingerprint density at radius 2 is 1.93 bits per heavy atom. The third-order valence-electron chi connectivity index (χ3n) is 7.23. The van der Waals surface area contributed by atoms with E-state index in [9.17, 15) is 4.79 Å². The normalized spacial score (nSPS) is 28.8. The minimum atomic E-state index is -0.289. The molecule has 2 N–H and O–H groups in total. The fourth-order valence-corrected chi connectivity index (χ4v) is 5.87. The first-order valence-electron chi connectivity index (χ1n) is 11.1. The summed E-state index contributed by atoms with van der Waals surface area (Å²) >= 11 is 6.27. The Kier molecular flexibility index (Phi) is 6.05. The van der Waals surface area contributed by atoms with Gasteiger partial charge in [-0.05, 0) is 88.3 Å². The van der Waals surface area contributed by atoms with Gasteiger partial charge in [0.2, 0.25) is 5.91 Å². The van der Waals surface area contributed by atoms with Crippen molar-refractivity contribution in [2.75, 3.05) is 23.3 Å². The zero-order valence-corrected chi connectivity index (χ0v) is 18.0. The van der Waals surface area contributed by atoms with Gasteiger partial charge in [0.15, 0.2) is 0 Å². The van der Waals surface area contributed by atoms with E-state index in [4.69, 9.17) is 11.6 Å². The van der Waals surface area contributed by atoms with Crippen molar-refractivity contribution in [2.24, 2.45) is 17.8 Å². The van der Waals surface area contributed by atoms with E-state index in [0.717, 1.165) is 36.3 Å². The second-order valence-electron chi connectivity index (χ2n) is 9.21. The predicted molar refractivity (Wildman–Crippen MR) is 117 cm³/mol. The molecule has 2 aliphatic carbocycles. The second kappa shape index (κ2) is 8.52. The molecule has 0 aromatic heterocycles. The number of nitrogens with one attached hydrogen (secondary N) is 2. The minimum Gasteiger partial charge on any atom is -0.372 e. The third kappa shape index (κ3) is 4.27. The molecule has 4 nitrogen and oxygen atoms in total. The Morgan fingerprint density at radius 3 is 2.61 bits per heavy atom. The molecule has 154 valence electrons. The van der Waals surface area contributed by atoms with Crippen molar-refractivity contribution < 1.29 is 4.79 Å². The van der Waals surface area contributed by atoms with E-state index in [2.05, 4.69) is 28.5 Å². The number of nitrogens with zero attached hydrogens (tertiary/aromatic N) is 1. The van der Waals surface area contributed by atoms with Crippen molar-refractivity contribution in [2.45, 2.75) is 70.9 Å². The van der Waals surface area contributed by atoms with E-state index in [0.29, 0.717) is 10.9 Å². The van der Waals surface area contributed by atoms with Crippen LogP contribution in [0.5, 0.6) is 0 Å². The summed E-state index contributed by atoms with van der Waals surface area (Å²) in [5.41, 5.74) is 2.12. The lowest BCUT2D eigenvalue weighted by molar-refractivity contribution is -0.122. The Hall–Kier alpha value is -1.42. The average molecular weight is 404 g/mol. The lowest BCUT2D eigenvalue weighted by Gasteiger charge is -2.32. The molecule has 1 heterocycles. The van der Waals surface area contributed by atoms with Crippen LogP contribution < -0.4 is 15.5 Å². The van der Waals surface area contributed by atoms with Crippen molar-refractivity contribution in [3.8, 4) is 0 Å². The van der Waals surface area contributed by atoms with Gasteiger partial charge in [-0.25, -0.2) is 0 Å². The predicted octanol–water partition coefficient (Wildman–Crippen LogP) is 5.07. The van der Waals surface area contributed by atoms with Crippen LogP contribution in [0.1, 0.15) is 58.8 Å². The highest BCUT2D eigenvalue weighted by atomic mass is 35.5. The number of benzene rings is 1. The van der Waals surface area contributed by atoms with Gasteiger partial charge in [0.25, 0.3) is 0 Å². The molecule has 1 saturated heterocycles. The molecule has 1 aromatic carbocycles. The highest BCUT2D eigenvalue weighted by Crippen LogP contribution is 2.49. The molecule has 0 spiro atoms. The third-order valence-corrected chi connectivity index (χ3v) is 7.46. The van der Waals surface area contributed by atoms with Crippen molar-refractivity contribution in [1.29, 1.82) is 0 Å². The van der Waals surface area contributed by atoms with Crippen molar-refractivity contribution in [3.05, 3.63) is 23.2 Å². The van der Waals surface area contributed by atoms with Crippen molar-refractivity contribution in [1.82, 2.24) is 5.32 Å². The number of carbonyl (C=O) groups excluding carboxylic acids is 1. The van der Waals surface area contributed by atoms with Gasteiger partial charge in [-0.1, -0.05) is 18.0 Å². The summed E-state index contributed by atoms with van der Waals surface area (Å²) in [6.07, 6.45) is 9.16. The van der Waals surface area contributed by atoms with Gasteiger partial charge >= 0.3 is 0 Å². The van der Waals surface area contributed by atoms with Crippen LogP contribution in [0.15, 0.2) is 18.2 Å². The summed E-state index contributed by atoms with van der Waals surface area (Å²) in [5.74, 6) is 2.47. The molecular weight excluding hydrogens is 370 g/mol. The number of rotatable bonds is 6. The van der Waals surface area contributed by atoms with E-state index in [1.54, 1.807) is 0 Å².